The van der Waals surface area contributed by atoms with Crippen molar-refractivity contribution in [2.24, 2.45) is 5.92 Å². The molecule has 1 saturated heterocycles. The number of methoxy groups -OCH3 is 1. The summed E-state index contributed by atoms with van der Waals surface area (Å²) < 4.78 is 10.8. The molecule has 1 aromatic rings. The Labute approximate surface area is 122 Å². The number of nitrogens with zero attached hydrogens (tertiary/aromatic N) is 1. The summed E-state index contributed by atoms with van der Waals surface area (Å²) in [6, 6.07) is 7.68. The van der Waals surface area contributed by atoms with E-state index in [0.717, 1.165) is 24.0 Å². The highest BCUT2D eigenvalue weighted by atomic mass is 16.5. The Hall–Kier alpha value is -1.48. The molecule has 1 aliphatic rings. The predicted octanol–water partition coefficient (Wildman–Crippen LogP) is 3.36. The molecule has 0 N–H and O–H groups in total. The molecular weight excluding hydrogens is 250 g/mol. The minimum atomic E-state index is 0.621. The van der Waals surface area contributed by atoms with Gasteiger partial charge in [0.25, 0.3) is 0 Å². The molecule has 0 aliphatic carbocycles. The molecule has 0 aromatic heterocycles. The van der Waals surface area contributed by atoms with Crippen LogP contribution in [-0.2, 0) is 0 Å². The molecule has 1 heterocycles. The maximum Gasteiger partial charge on any atom is 0.120 e. The van der Waals surface area contributed by atoms with Crippen LogP contribution in [0, 0.1) is 5.92 Å². The molecule has 0 unspecified atom stereocenters. The van der Waals surface area contributed by atoms with Crippen molar-refractivity contribution in [1.29, 1.82) is 0 Å². The van der Waals surface area contributed by atoms with E-state index >= 15 is 0 Å². The van der Waals surface area contributed by atoms with E-state index in [1.807, 2.05) is 24.3 Å². The molecule has 1 aromatic carbocycles. The molecule has 110 valence electrons. The Kier molecular flexibility index (Phi) is 5.93. The van der Waals surface area contributed by atoms with Crippen LogP contribution in [-0.4, -0.2) is 38.3 Å². The average Bonchev–Trinajstić information content (AvgIpc) is 2.48. The highest BCUT2D eigenvalue weighted by Crippen LogP contribution is 2.17. The number of rotatable bonds is 6. The van der Waals surface area contributed by atoms with Crippen LogP contribution in [0.4, 0.5) is 0 Å². The van der Waals surface area contributed by atoms with Gasteiger partial charge in [0.15, 0.2) is 0 Å². The van der Waals surface area contributed by atoms with E-state index in [2.05, 4.69) is 24.0 Å². The number of hydrogen-bond donors (Lipinski definition) is 0. The average molecular weight is 275 g/mol. The Bertz CT molecular complexity index is 414. The summed E-state index contributed by atoms with van der Waals surface area (Å²) in [5.41, 5.74) is 0. The van der Waals surface area contributed by atoms with Crippen molar-refractivity contribution in [3.63, 3.8) is 0 Å². The highest BCUT2D eigenvalue weighted by Gasteiger charge is 2.14. The van der Waals surface area contributed by atoms with Crippen molar-refractivity contribution in [2.45, 2.75) is 19.8 Å². The van der Waals surface area contributed by atoms with E-state index in [1.165, 1.54) is 25.9 Å². The summed E-state index contributed by atoms with van der Waals surface area (Å²) in [7, 11) is 1.67. The Balaban J connectivity index is 1.65. The Morgan fingerprint density at radius 1 is 1.20 bits per heavy atom. The topological polar surface area (TPSA) is 21.7 Å². The zero-order chi connectivity index (χ0) is 14.2. The molecule has 0 amide bonds. The SMILES string of the molecule is COc1ccc(OCC=CCN2CCC[C@H](C)C2)cc1. The fourth-order valence-corrected chi connectivity index (χ4v) is 2.56. The molecule has 0 spiro atoms. The van der Waals surface area contributed by atoms with E-state index < -0.39 is 0 Å². The van der Waals surface area contributed by atoms with Crippen molar-refractivity contribution in [3.05, 3.63) is 36.4 Å². The van der Waals surface area contributed by atoms with Crippen LogP contribution in [0.3, 0.4) is 0 Å². The summed E-state index contributed by atoms with van der Waals surface area (Å²) in [6.07, 6.45) is 7.02. The van der Waals surface area contributed by atoms with E-state index in [-0.39, 0.29) is 0 Å². The van der Waals surface area contributed by atoms with Gasteiger partial charge in [0, 0.05) is 13.1 Å². The number of likely N-dealkylation sites (tertiary alicyclic amines) is 1. The van der Waals surface area contributed by atoms with Crippen LogP contribution in [0.25, 0.3) is 0 Å². The third-order valence-corrected chi connectivity index (χ3v) is 3.68. The van der Waals surface area contributed by atoms with Gasteiger partial charge in [0.05, 0.1) is 7.11 Å². The summed E-state index contributed by atoms with van der Waals surface area (Å²) >= 11 is 0. The molecule has 1 atom stereocenters. The van der Waals surface area contributed by atoms with Crippen molar-refractivity contribution in [1.82, 2.24) is 4.90 Å². The molecule has 3 heteroatoms. The first-order valence-corrected chi connectivity index (χ1v) is 7.42. The number of benzene rings is 1. The van der Waals surface area contributed by atoms with E-state index in [1.54, 1.807) is 7.11 Å². The molecule has 0 bridgehead atoms. The van der Waals surface area contributed by atoms with Gasteiger partial charge in [-0.05, 0) is 49.6 Å². The summed E-state index contributed by atoms with van der Waals surface area (Å²) in [6.45, 7) is 6.45. The largest absolute Gasteiger partial charge is 0.497 e. The van der Waals surface area contributed by atoms with Gasteiger partial charge in [0.2, 0.25) is 0 Å². The zero-order valence-corrected chi connectivity index (χ0v) is 12.5. The maximum absolute atomic E-state index is 5.66. The van der Waals surface area contributed by atoms with Gasteiger partial charge in [0.1, 0.15) is 18.1 Å². The van der Waals surface area contributed by atoms with Gasteiger partial charge in [-0.1, -0.05) is 19.1 Å². The molecule has 1 fully saturated rings. The predicted molar refractivity (Wildman–Crippen MR) is 82.5 cm³/mol. The minimum Gasteiger partial charge on any atom is -0.497 e. The van der Waals surface area contributed by atoms with Crippen molar-refractivity contribution in [3.8, 4) is 11.5 Å². The van der Waals surface area contributed by atoms with Crippen LogP contribution in [0.2, 0.25) is 0 Å². The van der Waals surface area contributed by atoms with Gasteiger partial charge in [-0.2, -0.15) is 0 Å². The molecule has 0 radical (unpaired) electrons. The first-order valence-electron chi connectivity index (χ1n) is 7.42. The molecule has 20 heavy (non-hydrogen) atoms. The normalized spacial score (nSPS) is 20.2. The first kappa shape index (κ1) is 14.9. The lowest BCUT2D eigenvalue weighted by atomic mass is 10.0. The Morgan fingerprint density at radius 2 is 1.95 bits per heavy atom. The third-order valence-electron chi connectivity index (χ3n) is 3.68. The third kappa shape index (κ3) is 4.89. The van der Waals surface area contributed by atoms with Gasteiger partial charge in [-0.3, -0.25) is 4.90 Å². The summed E-state index contributed by atoms with van der Waals surface area (Å²) in [4.78, 5) is 2.51. The van der Waals surface area contributed by atoms with Crippen LogP contribution in [0.15, 0.2) is 36.4 Å². The van der Waals surface area contributed by atoms with Gasteiger partial charge in [-0.25, -0.2) is 0 Å². The zero-order valence-electron chi connectivity index (χ0n) is 12.5. The molecule has 0 saturated carbocycles. The van der Waals surface area contributed by atoms with Crippen LogP contribution in [0.1, 0.15) is 19.8 Å². The minimum absolute atomic E-state index is 0.621. The molecule has 2 rings (SSSR count). The number of piperidine rings is 1. The van der Waals surface area contributed by atoms with Crippen LogP contribution < -0.4 is 9.47 Å². The molecule has 3 nitrogen and oxygen atoms in total. The van der Waals surface area contributed by atoms with Gasteiger partial charge >= 0.3 is 0 Å². The fraction of sp³-hybridized carbons (Fsp3) is 0.529. The monoisotopic (exact) mass is 275 g/mol. The van der Waals surface area contributed by atoms with Gasteiger partial charge in [-0.15, -0.1) is 0 Å². The van der Waals surface area contributed by atoms with Crippen molar-refractivity contribution in [2.75, 3.05) is 33.4 Å². The second-order valence-electron chi connectivity index (χ2n) is 5.46. The summed E-state index contributed by atoms with van der Waals surface area (Å²) in [5.74, 6) is 2.57. The second kappa shape index (κ2) is 7.95. The number of hydrogen-bond acceptors (Lipinski definition) is 3. The molecule has 1 aliphatic heterocycles. The van der Waals surface area contributed by atoms with E-state index in [4.69, 9.17) is 9.47 Å². The standard InChI is InChI=1S/C17H25NO2/c1-15-6-5-12-18(14-15)11-3-4-13-20-17-9-7-16(19-2)8-10-17/h3-4,7-10,15H,5-6,11-14H2,1-2H3/t15-/m0/s1. The highest BCUT2D eigenvalue weighted by molar-refractivity contribution is 5.31. The second-order valence-corrected chi connectivity index (χ2v) is 5.46. The Morgan fingerprint density at radius 3 is 2.65 bits per heavy atom. The van der Waals surface area contributed by atoms with Gasteiger partial charge < -0.3 is 9.47 Å². The van der Waals surface area contributed by atoms with Crippen LogP contribution >= 0.6 is 0 Å². The van der Waals surface area contributed by atoms with Crippen molar-refractivity contribution >= 4 is 0 Å². The fourth-order valence-electron chi connectivity index (χ4n) is 2.56. The number of ether oxygens (including phenoxy) is 2. The lowest BCUT2D eigenvalue weighted by Crippen LogP contribution is -2.34. The lowest BCUT2D eigenvalue weighted by molar-refractivity contribution is 0.201. The molecular formula is C17H25NO2. The van der Waals surface area contributed by atoms with Crippen LogP contribution in [0.5, 0.6) is 11.5 Å². The van der Waals surface area contributed by atoms with E-state index in [0.29, 0.717) is 6.61 Å². The smallest absolute Gasteiger partial charge is 0.120 e. The quantitative estimate of drug-likeness (QED) is 0.743. The van der Waals surface area contributed by atoms with E-state index in [9.17, 15) is 0 Å². The summed E-state index contributed by atoms with van der Waals surface area (Å²) in [5, 5.41) is 0. The first-order chi connectivity index (χ1) is 9.78. The maximum atomic E-state index is 5.66. The van der Waals surface area contributed by atoms with Crippen molar-refractivity contribution < 1.29 is 9.47 Å². The lowest BCUT2D eigenvalue weighted by Gasteiger charge is -2.29.